The quantitative estimate of drug-likeness (QED) is 0.843. The van der Waals surface area contributed by atoms with Gasteiger partial charge in [0.05, 0.1) is 15.0 Å². The Bertz CT molecular complexity index is 452. The van der Waals surface area contributed by atoms with Gasteiger partial charge in [-0.3, -0.25) is 0 Å². The van der Waals surface area contributed by atoms with Gasteiger partial charge in [0.2, 0.25) is 0 Å². The highest BCUT2D eigenvalue weighted by atomic mass is 79.9. The van der Waals surface area contributed by atoms with Crippen LogP contribution in [-0.2, 0) is 0 Å². The molecule has 3 nitrogen and oxygen atoms in total. The molecule has 0 atom stereocenters. The van der Waals surface area contributed by atoms with Crippen LogP contribution >= 0.6 is 27.5 Å². The van der Waals surface area contributed by atoms with E-state index in [0.717, 1.165) is 29.9 Å². The largest absolute Gasteiger partial charge is 0.347 e. The maximum atomic E-state index is 6.01. The maximum Gasteiger partial charge on any atom is 0.143 e. The second kappa shape index (κ2) is 5.58. The van der Waals surface area contributed by atoms with Gasteiger partial charge in [-0.05, 0) is 34.8 Å². The Morgan fingerprint density at radius 3 is 2.84 bits per heavy atom. The van der Waals surface area contributed by atoms with Gasteiger partial charge in [-0.25, -0.2) is 4.98 Å². The molecule has 1 aliphatic heterocycles. The Labute approximate surface area is 127 Å². The molecule has 2 aliphatic rings. The van der Waals surface area contributed by atoms with Gasteiger partial charge in [-0.1, -0.05) is 30.9 Å². The van der Waals surface area contributed by atoms with E-state index in [4.69, 9.17) is 11.6 Å². The fourth-order valence-corrected chi connectivity index (χ4v) is 4.29. The van der Waals surface area contributed by atoms with Gasteiger partial charge in [0.1, 0.15) is 5.82 Å². The van der Waals surface area contributed by atoms with Gasteiger partial charge in [0.25, 0.3) is 0 Å². The van der Waals surface area contributed by atoms with E-state index in [1.165, 1.54) is 32.1 Å². The molecule has 104 valence electrons. The zero-order valence-electron chi connectivity index (χ0n) is 11.0. The monoisotopic (exact) mass is 343 g/mol. The molecule has 1 aromatic heterocycles. The normalized spacial score (nSPS) is 22.7. The third-order valence-corrected chi connectivity index (χ3v) is 5.16. The fourth-order valence-electron chi connectivity index (χ4n) is 3.44. The Hall–Kier alpha value is -0.320. The van der Waals surface area contributed by atoms with Crippen LogP contribution in [0.5, 0.6) is 0 Å². The predicted octanol–water partition coefficient (Wildman–Crippen LogP) is 3.61. The van der Waals surface area contributed by atoms with Crippen molar-refractivity contribution in [2.75, 3.05) is 24.5 Å². The third-order valence-electron chi connectivity index (χ3n) is 4.37. The highest BCUT2D eigenvalue weighted by Gasteiger charge is 2.40. The van der Waals surface area contributed by atoms with E-state index < -0.39 is 0 Å². The molecule has 1 saturated heterocycles. The Morgan fingerprint density at radius 1 is 1.32 bits per heavy atom. The molecule has 0 radical (unpaired) electrons. The molecule has 1 saturated carbocycles. The zero-order chi connectivity index (χ0) is 13.3. The molecule has 0 amide bonds. The van der Waals surface area contributed by atoms with E-state index in [1.807, 2.05) is 6.07 Å². The number of piperazine rings is 1. The first kappa shape index (κ1) is 13.7. The van der Waals surface area contributed by atoms with E-state index in [0.29, 0.717) is 5.02 Å². The summed E-state index contributed by atoms with van der Waals surface area (Å²) in [5.41, 5.74) is 0.250. The number of aromatic nitrogens is 1. The van der Waals surface area contributed by atoms with Crippen molar-refractivity contribution in [1.82, 2.24) is 10.3 Å². The van der Waals surface area contributed by atoms with Crippen molar-refractivity contribution in [3.05, 3.63) is 21.8 Å². The van der Waals surface area contributed by atoms with Crippen LogP contribution in [0.1, 0.15) is 32.1 Å². The summed E-state index contributed by atoms with van der Waals surface area (Å²) >= 11 is 9.63. The summed E-state index contributed by atoms with van der Waals surface area (Å²) in [6.07, 6.45) is 8.28. The molecule has 1 aromatic rings. The first-order valence-electron chi connectivity index (χ1n) is 7.01. The molecular formula is C14H19BrClN3. The number of halogens is 2. The van der Waals surface area contributed by atoms with Crippen molar-refractivity contribution >= 4 is 33.3 Å². The second-order valence-corrected chi connectivity index (χ2v) is 6.86. The Kier molecular flexibility index (Phi) is 4.01. The van der Waals surface area contributed by atoms with Crippen LogP contribution < -0.4 is 10.2 Å². The van der Waals surface area contributed by atoms with Crippen molar-refractivity contribution < 1.29 is 0 Å². The molecular weight excluding hydrogens is 326 g/mol. The Balaban J connectivity index is 1.95. The molecule has 0 unspecified atom stereocenters. The van der Waals surface area contributed by atoms with Crippen LogP contribution in [-0.4, -0.2) is 30.2 Å². The summed E-state index contributed by atoms with van der Waals surface area (Å²) in [4.78, 5) is 7.07. The molecule has 1 N–H and O–H groups in total. The van der Waals surface area contributed by atoms with E-state index in [1.54, 1.807) is 6.20 Å². The van der Waals surface area contributed by atoms with Gasteiger partial charge in [0.15, 0.2) is 0 Å². The molecule has 0 aromatic carbocycles. The SMILES string of the molecule is Clc1cnc(N2CCNCC23CCCCC3)c(Br)c1. The minimum absolute atomic E-state index is 0.250. The van der Waals surface area contributed by atoms with Gasteiger partial charge >= 0.3 is 0 Å². The lowest BCUT2D eigenvalue weighted by Crippen LogP contribution is -2.62. The van der Waals surface area contributed by atoms with E-state index in [-0.39, 0.29) is 5.54 Å². The minimum atomic E-state index is 0.250. The van der Waals surface area contributed by atoms with Crippen molar-refractivity contribution in [1.29, 1.82) is 0 Å². The number of hydrogen-bond donors (Lipinski definition) is 1. The number of rotatable bonds is 1. The molecule has 1 spiro atoms. The lowest BCUT2D eigenvalue weighted by Gasteiger charge is -2.50. The Morgan fingerprint density at radius 2 is 2.11 bits per heavy atom. The molecule has 2 fully saturated rings. The highest BCUT2D eigenvalue weighted by Crippen LogP contribution is 2.39. The average molecular weight is 345 g/mol. The standard InChI is InChI=1S/C14H19BrClN3/c15-12-8-11(16)9-18-13(12)19-7-6-17-10-14(19)4-2-1-3-5-14/h8-9,17H,1-7,10H2. The van der Waals surface area contributed by atoms with Gasteiger partial charge in [-0.2, -0.15) is 0 Å². The van der Waals surface area contributed by atoms with Gasteiger partial charge in [-0.15, -0.1) is 0 Å². The smallest absolute Gasteiger partial charge is 0.143 e. The minimum Gasteiger partial charge on any atom is -0.347 e. The summed E-state index contributed by atoms with van der Waals surface area (Å²) in [5.74, 6) is 1.05. The van der Waals surface area contributed by atoms with E-state index in [2.05, 4.69) is 31.1 Å². The first-order chi connectivity index (χ1) is 9.21. The average Bonchev–Trinajstić information content (AvgIpc) is 2.41. The van der Waals surface area contributed by atoms with Crippen molar-refractivity contribution in [2.24, 2.45) is 0 Å². The van der Waals surface area contributed by atoms with Crippen LogP contribution in [0.4, 0.5) is 5.82 Å². The molecule has 19 heavy (non-hydrogen) atoms. The predicted molar refractivity (Wildman–Crippen MR) is 83.0 cm³/mol. The van der Waals surface area contributed by atoms with Crippen LogP contribution in [0.3, 0.4) is 0 Å². The number of hydrogen-bond acceptors (Lipinski definition) is 3. The lowest BCUT2D eigenvalue weighted by molar-refractivity contribution is 0.239. The number of nitrogens with zero attached hydrogens (tertiary/aromatic N) is 2. The summed E-state index contributed by atoms with van der Waals surface area (Å²) in [5, 5.41) is 4.25. The van der Waals surface area contributed by atoms with E-state index in [9.17, 15) is 0 Å². The molecule has 2 heterocycles. The van der Waals surface area contributed by atoms with Crippen molar-refractivity contribution in [2.45, 2.75) is 37.6 Å². The van der Waals surface area contributed by atoms with Crippen LogP contribution in [0.2, 0.25) is 5.02 Å². The maximum absolute atomic E-state index is 6.01. The van der Waals surface area contributed by atoms with Gasteiger partial charge in [0, 0.05) is 25.8 Å². The van der Waals surface area contributed by atoms with Crippen LogP contribution in [0, 0.1) is 0 Å². The highest BCUT2D eigenvalue weighted by molar-refractivity contribution is 9.10. The molecule has 5 heteroatoms. The van der Waals surface area contributed by atoms with E-state index >= 15 is 0 Å². The number of pyridine rings is 1. The van der Waals surface area contributed by atoms with Crippen molar-refractivity contribution in [3.63, 3.8) is 0 Å². The number of anilines is 1. The second-order valence-electron chi connectivity index (χ2n) is 5.57. The lowest BCUT2D eigenvalue weighted by atomic mass is 9.79. The first-order valence-corrected chi connectivity index (χ1v) is 8.18. The topological polar surface area (TPSA) is 28.2 Å². The number of nitrogens with one attached hydrogen (secondary N) is 1. The third kappa shape index (κ3) is 2.63. The molecule has 3 rings (SSSR count). The summed E-state index contributed by atoms with van der Waals surface area (Å²) in [6, 6.07) is 1.95. The van der Waals surface area contributed by atoms with Crippen molar-refractivity contribution in [3.8, 4) is 0 Å². The summed E-state index contributed by atoms with van der Waals surface area (Å²) in [7, 11) is 0. The van der Waals surface area contributed by atoms with Crippen LogP contribution in [0.15, 0.2) is 16.7 Å². The van der Waals surface area contributed by atoms with Gasteiger partial charge < -0.3 is 10.2 Å². The summed E-state index contributed by atoms with van der Waals surface area (Å²) < 4.78 is 1.01. The zero-order valence-corrected chi connectivity index (χ0v) is 13.3. The molecule has 0 bridgehead atoms. The fraction of sp³-hybridized carbons (Fsp3) is 0.643. The summed E-state index contributed by atoms with van der Waals surface area (Å²) in [6.45, 7) is 3.12. The molecule has 1 aliphatic carbocycles. The van der Waals surface area contributed by atoms with Crippen LogP contribution in [0.25, 0.3) is 0 Å².